The van der Waals surface area contributed by atoms with E-state index in [2.05, 4.69) is 15.3 Å². The molecule has 0 aliphatic heterocycles. The van der Waals surface area contributed by atoms with E-state index in [1.165, 1.54) is 12.1 Å². The Morgan fingerprint density at radius 1 is 1.17 bits per heavy atom. The smallest absolute Gasteiger partial charge is 0.385 e. The molecule has 2 aromatic carbocycles. The predicted octanol–water partition coefficient (Wildman–Crippen LogP) is 4.11. The summed E-state index contributed by atoms with van der Waals surface area (Å²) in [6.45, 7) is 0.420. The molecule has 0 radical (unpaired) electrons. The number of anilines is 1. The number of nitrogens with one attached hydrogen (secondary N) is 2. The van der Waals surface area contributed by atoms with Gasteiger partial charge >= 0.3 is 6.18 Å². The van der Waals surface area contributed by atoms with Crippen LogP contribution in [0.3, 0.4) is 0 Å². The molecule has 0 fully saturated rings. The van der Waals surface area contributed by atoms with Gasteiger partial charge < -0.3 is 10.3 Å². The largest absolute Gasteiger partial charge is 0.417 e. The van der Waals surface area contributed by atoms with Gasteiger partial charge in [0.15, 0.2) is 0 Å². The molecule has 2 N–H and O–H groups in total. The van der Waals surface area contributed by atoms with E-state index in [9.17, 15) is 13.2 Å². The van der Waals surface area contributed by atoms with Crippen LogP contribution in [0.15, 0.2) is 42.5 Å². The van der Waals surface area contributed by atoms with Crippen molar-refractivity contribution in [1.82, 2.24) is 9.97 Å². The monoisotopic (exact) mass is 330 g/mol. The van der Waals surface area contributed by atoms with Crippen molar-refractivity contribution in [1.29, 1.82) is 5.26 Å². The summed E-state index contributed by atoms with van der Waals surface area (Å²) in [6, 6.07) is 12.7. The molecule has 3 rings (SSSR count). The van der Waals surface area contributed by atoms with Gasteiger partial charge in [0.1, 0.15) is 5.82 Å². The first kappa shape index (κ1) is 15.9. The molecule has 7 heteroatoms. The fraction of sp³-hybridized carbons (Fsp3) is 0.176. The normalized spacial score (nSPS) is 11.4. The highest BCUT2D eigenvalue weighted by atomic mass is 19.4. The third-order valence-electron chi connectivity index (χ3n) is 3.57. The van der Waals surface area contributed by atoms with Crippen LogP contribution in [0.4, 0.5) is 18.9 Å². The summed E-state index contributed by atoms with van der Waals surface area (Å²) in [5.74, 6) is 0.758. The number of alkyl halides is 3. The topological polar surface area (TPSA) is 64.5 Å². The standard InChI is InChI=1S/C17H13F3N4/c18-17(19,20)13-9-12(6-5-11(13)10-21)22-8-7-16-23-14-3-1-2-4-15(14)24-16/h1-6,9,22H,7-8H2,(H,23,24). The van der Waals surface area contributed by atoms with Crippen LogP contribution < -0.4 is 5.32 Å². The van der Waals surface area contributed by atoms with Gasteiger partial charge in [0, 0.05) is 18.7 Å². The van der Waals surface area contributed by atoms with E-state index in [0.29, 0.717) is 18.7 Å². The maximum Gasteiger partial charge on any atom is 0.417 e. The van der Waals surface area contributed by atoms with Crippen LogP contribution in [0.1, 0.15) is 17.0 Å². The first-order valence-electron chi connectivity index (χ1n) is 7.26. The van der Waals surface area contributed by atoms with E-state index in [1.54, 1.807) is 6.07 Å². The first-order chi connectivity index (χ1) is 11.5. The minimum atomic E-state index is -4.55. The Labute approximate surface area is 135 Å². The second kappa shape index (κ2) is 6.24. The van der Waals surface area contributed by atoms with Gasteiger partial charge in [-0.25, -0.2) is 4.98 Å². The molecule has 0 atom stereocenters. The lowest BCUT2D eigenvalue weighted by Gasteiger charge is -2.12. The number of hydrogen-bond donors (Lipinski definition) is 2. The summed E-state index contributed by atoms with van der Waals surface area (Å²) in [5, 5.41) is 11.7. The molecule has 24 heavy (non-hydrogen) atoms. The molecule has 122 valence electrons. The molecule has 0 aliphatic carbocycles. The van der Waals surface area contributed by atoms with E-state index in [4.69, 9.17) is 5.26 Å². The molecule has 1 heterocycles. The average molecular weight is 330 g/mol. The van der Waals surface area contributed by atoms with Crippen molar-refractivity contribution in [2.24, 2.45) is 0 Å². The van der Waals surface area contributed by atoms with Gasteiger partial charge in [-0.15, -0.1) is 0 Å². The summed E-state index contributed by atoms with van der Waals surface area (Å²) in [5.41, 5.74) is 0.775. The highest BCUT2D eigenvalue weighted by molar-refractivity contribution is 5.74. The summed E-state index contributed by atoms with van der Waals surface area (Å²) in [4.78, 5) is 7.57. The summed E-state index contributed by atoms with van der Waals surface area (Å²) in [6.07, 6.45) is -4.02. The van der Waals surface area contributed by atoms with Crippen LogP contribution >= 0.6 is 0 Å². The van der Waals surface area contributed by atoms with E-state index < -0.39 is 11.7 Å². The highest BCUT2D eigenvalue weighted by Crippen LogP contribution is 2.33. The lowest BCUT2D eigenvalue weighted by Crippen LogP contribution is -2.10. The number of hydrogen-bond acceptors (Lipinski definition) is 3. The number of nitriles is 1. The van der Waals surface area contributed by atoms with Crippen LogP contribution in [-0.2, 0) is 12.6 Å². The Bertz CT molecular complexity index is 873. The van der Waals surface area contributed by atoms with E-state index >= 15 is 0 Å². The van der Waals surface area contributed by atoms with Crippen LogP contribution in [0, 0.1) is 11.3 Å². The quantitative estimate of drug-likeness (QED) is 0.757. The number of nitrogens with zero attached hydrogens (tertiary/aromatic N) is 2. The molecule has 1 aromatic heterocycles. The number of aromatic nitrogens is 2. The molecule has 0 bridgehead atoms. The van der Waals surface area contributed by atoms with Gasteiger partial charge in [-0.05, 0) is 30.3 Å². The Hall–Kier alpha value is -3.01. The van der Waals surface area contributed by atoms with Crippen molar-refractivity contribution in [2.75, 3.05) is 11.9 Å². The molecule has 0 unspecified atom stereocenters. The average Bonchev–Trinajstić information content (AvgIpc) is 2.96. The van der Waals surface area contributed by atoms with Crippen LogP contribution in [0.2, 0.25) is 0 Å². The van der Waals surface area contributed by atoms with Crippen molar-refractivity contribution < 1.29 is 13.2 Å². The van der Waals surface area contributed by atoms with Gasteiger partial charge in [0.2, 0.25) is 0 Å². The third kappa shape index (κ3) is 3.33. The Balaban J connectivity index is 1.69. The highest BCUT2D eigenvalue weighted by Gasteiger charge is 2.33. The number of halogens is 3. The summed E-state index contributed by atoms with van der Waals surface area (Å²) >= 11 is 0. The second-order valence-corrected chi connectivity index (χ2v) is 5.25. The van der Waals surface area contributed by atoms with Crippen LogP contribution in [0.5, 0.6) is 0 Å². The molecule has 0 spiro atoms. The Kier molecular flexibility index (Phi) is 4.13. The summed E-state index contributed by atoms with van der Waals surface area (Å²) in [7, 11) is 0. The maximum atomic E-state index is 12.9. The lowest BCUT2D eigenvalue weighted by atomic mass is 10.1. The molecule has 0 amide bonds. The van der Waals surface area contributed by atoms with Crippen molar-refractivity contribution in [3.63, 3.8) is 0 Å². The number of rotatable bonds is 4. The van der Waals surface area contributed by atoms with Gasteiger partial charge in [-0.2, -0.15) is 18.4 Å². The zero-order valence-electron chi connectivity index (χ0n) is 12.5. The molecule has 0 saturated carbocycles. The maximum absolute atomic E-state index is 12.9. The zero-order valence-corrected chi connectivity index (χ0v) is 12.5. The molecule has 0 aliphatic rings. The van der Waals surface area contributed by atoms with Gasteiger partial charge in [-0.1, -0.05) is 12.1 Å². The van der Waals surface area contributed by atoms with Gasteiger partial charge in [0.25, 0.3) is 0 Å². The first-order valence-corrected chi connectivity index (χ1v) is 7.26. The fourth-order valence-corrected chi connectivity index (χ4v) is 2.44. The van der Waals surface area contributed by atoms with E-state index in [1.807, 2.05) is 24.3 Å². The van der Waals surface area contributed by atoms with E-state index in [-0.39, 0.29) is 5.56 Å². The predicted molar refractivity (Wildman–Crippen MR) is 84.4 cm³/mol. The lowest BCUT2D eigenvalue weighted by molar-refractivity contribution is -0.137. The summed E-state index contributed by atoms with van der Waals surface area (Å²) < 4.78 is 38.8. The van der Waals surface area contributed by atoms with Crippen molar-refractivity contribution >= 4 is 16.7 Å². The van der Waals surface area contributed by atoms with Crippen LogP contribution in [0.25, 0.3) is 11.0 Å². The Morgan fingerprint density at radius 3 is 2.67 bits per heavy atom. The number of para-hydroxylation sites is 2. The van der Waals surface area contributed by atoms with E-state index in [0.717, 1.165) is 22.9 Å². The zero-order chi connectivity index (χ0) is 17.2. The fourth-order valence-electron chi connectivity index (χ4n) is 2.44. The number of aromatic amines is 1. The number of benzene rings is 2. The Morgan fingerprint density at radius 2 is 1.96 bits per heavy atom. The van der Waals surface area contributed by atoms with Crippen molar-refractivity contribution in [3.05, 3.63) is 59.4 Å². The molecule has 0 saturated heterocycles. The molecule has 4 nitrogen and oxygen atoms in total. The minimum absolute atomic E-state index is 0.317. The van der Waals surface area contributed by atoms with Crippen LogP contribution in [-0.4, -0.2) is 16.5 Å². The van der Waals surface area contributed by atoms with Crippen molar-refractivity contribution in [2.45, 2.75) is 12.6 Å². The number of H-pyrrole nitrogens is 1. The number of imidazole rings is 1. The second-order valence-electron chi connectivity index (χ2n) is 5.25. The van der Waals surface area contributed by atoms with Crippen molar-refractivity contribution in [3.8, 4) is 6.07 Å². The molecule has 3 aromatic rings. The third-order valence-corrected chi connectivity index (χ3v) is 3.57. The van der Waals surface area contributed by atoms with Gasteiger partial charge in [0.05, 0.1) is 28.2 Å². The molecular weight excluding hydrogens is 317 g/mol. The minimum Gasteiger partial charge on any atom is -0.385 e. The molecular formula is C17H13F3N4. The van der Waals surface area contributed by atoms with Gasteiger partial charge in [-0.3, -0.25) is 0 Å². The number of fused-ring (bicyclic) bond motifs is 1. The SMILES string of the molecule is N#Cc1ccc(NCCc2nc3ccccc3[nH]2)cc1C(F)(F)F.